The number of rotatable bonds is 4. The number of nitrogens with zero attached hydrogens (tertiary/aromatic N) is 3. The summed E-state index contributed by atoms with van der Waals surface area (Å²) in [6, 6.07) is 5.19. The second kappa shape index (κ2) is 6.27. The van der Waals surface area contributed by atoms with Gasteiger partial charge in [-0.25, -0.2) is 0 Å². The molecule has 1 aromatic carbocycles. The average Bonchev–Trinajstić information content (AvgIpc) is 2.74. The van der Waals surface area contributed by atoms with Crippen molar-refractivity contribution in [3.8, 4) is 0 Å². The third-order valence-electron chi connectivity index (χ3n) is 3.33. The van der Waals surface area contributed by atoms with E-state index in [0.29, 0.717) is 5.69 Å². The van der Waals surface area contributed by atoms with Gasteiger partial charge in [-0.15, -0.1) is 0 Å². The Hall–Kier alpha value is -2.22. The lowest BCUT2D eigenvalue weighted by Gasteiger charge is -2.14. The first-order chi connectivity index (χ1) is 10.3. The Kier molecular flexibility index (Phi) is 4.60. The van der Waals surface area contributed by atoms with Crippen LogP contribution in [0, 0.1) is 24.0 Å². The van der Waals surface area contributed by atoms with Crippen molar-refractivity contribution in [3.63, 3.8) is 0 Å². The van der Waals surface area contributed by atoms with E-state index in [1.54, 1.807) is 11.6 Å². The summed E-state index contributed by atoms with van der Waals surface area (Å²) in [4.78, 5) is 22.4. The molecule has 0 saturated heterocycles. The van der Waals surface area contributed by atoms with Gasteiger partial charge in [0.05, 0.1) is 20.8 Å². The summed E-state index contributed by atoms with van der Waals surface area (Å²) in [6.45, 7) is 5.47. The van der Waals surface area contributed by atoms with Crippen molar-refractivity contribution in [2.75, 3.05) is 5.32 Å². The van der Waals surface area contributed by atoms with Crippen LogP contribution in [0.5, 0.6) is 0 Å². The van der Waals surface area contributed by atoms with E-state index in [4.69, 9.17) is 0 Å². The van der Waals surface area contributed by atoms with E-state index in [9.17, 15) is 14.9 Å². The molecule has 1 amide bonds. The zero-order chi connectivity index (χ0) is 16.4. The largest absolute Gasteiger partial charge is 0.324 e. The highest BCUT2D eigenvalue weighted by Gasteiger charge is 2.20. The quantitative estimate of drug-likeness (QED) is 0.663. The van der Waals surface area contributed by atoms with Gasteiger partial charge in [0.1, 0.15) is 6.04 Å². The molecule has 1 N–H and O–H groups in total. The summed E-state index contributed by atoms with van der Waals surface area (Å²) in [5.74, 6) is -0.244. The molecule has 0 aliphatic heterocycles. The smallest absolute Gasteiger partial charge is 0.269 e. The number of anilines is 1. The molecule has 0 spiro atoms. The maximum atomic E-state index is 12.3. The van der Waals surface area contributed by atoms with Gasteiger partial charge in [-0.2, -0.15) is 5.10 Å². The van der Waals surface area contributed by atoms with E-state index in [1.807, 2.05) is 13.8 Å². The van der Waals surface area contributed by atoms with Gasteiger partial charge >= 0.3 is 0 Å². The van der Waals surface area contributed by atoms with E-state index < -0.39 is 11.0 Å². The average molecular weight is 367 g/mol. The number of carbonyl (C=O) groups excluding carboxylic acids is 1. The number of nitrogens with one attached hydrogen (secondary N) is 1. The molecule has 0 saturated carbocycles. The Labute approximate surface area is 135 Å². The molecule has 8 heteroatoms. The van der Waals surface area contributed by atoms with Gasteiger partial charge in [0.15, 0.2) is 0 Å². The number of hydrogen-bond donors (Lipinski definition) is 1. The van der Waals surface area contributed by atoms with Gasteiger partial charge in [0, 0.05) is 17.8 Å². The molecule has 1 heterocycles. The zero-order valence-corrected chi connectivity index (χ0v) is 13.9. The topological polar surface area (TPSA) is 90.1 Å². The minimum atomic E-state index is -0.500. The number of non-ortho nitro benzene ring substituents is 1. The summed E-state index contributed by atoms with van der Waals surface area (Å²) in [5, 5.41) is 17.7. The Morgan fingerprint density at radius 1 is 1.36 bits per heavy atom. The fourth-order valence-electron chi connectivity index (χ4n) is 2.04. The van der Waals surface area contributed by atoms with Gasteiger partial charge in [-0.1, -0.05) is 0 Å². The molecular weight excluding hydrogens is 352 g/mol. The van der Waals surface area contributed by atoms with E-state index >= 15 is 0 Å². The molecule has 0 radical (unpaired) electrons. The second-order valence-corrected chi connectivity index (χ2v) is 5.69. The van der Waals surface area contributed by atoms with Crippen molar-refractivity contribution >= 4 is 33.2 Å². The zero-order valence-electron chi connectivity index (χ0n) is 12.3. The van der Waals surface area contributed by atoms with Crippen molar-refractivity contribution < 1.29 is 9.72 Å². The van der Waals surface area contributed by atoms with Crippen LogP contribution in [-0.4, -0.2) is 20.6 Å². The molecule has 0 aliphatic rings. The summed E-state index contributed by atoms with van der Waals surface area (Å²) >= 11 is 3.43. The number of hydrogen-bond acceptors (Lipinski definition) is 4. The van der Waals surface area contributed by atoms with Crippen LogP contribution in [0.25, 0.3) is 0 Å². The lowest BCUT2D eigenvalue weighted by atomic mass is 10.2. The van der Waals surface area contributed by atoms with E-state index in [2.05, 4.69) is 26.3 Å². The van der Waals surface area contributed by atoms with E-state index in [0.717, 1.165) is 15.9 Å². The van der Waals surface area contributed by atoms with E-state index in [-0.39, 0.29) is 11.6 Å². The van der Waals surface area contributed by atoms with Crippen LogP contribution in [0.4, 0.5) is 11.4 Å². The Bertz CT molecular complexity index is 724. The molecule has 2 rings (SSSR count). The Morgan fingerprint density at radius 2 is 1.95 bits per heavy atom. The predicted octanol–water partition coefficient (Wildman–Crippen LogP) is 3.37. The third-order valence-corrected chi connectivity index (χ3v) is 4.48. The number of halogens is 1. The van der Waals surface area contributed by atoms with Gasteiger partial charge in [-0.05, 0) is 48.8 Å². The number of carbonyl (C=O) groups is 1. The molecule has 0 aliphatic carbocycles. The maximum Gasteiger partial charge on any atom is 0.269 e. The third kappa shape index (κ3) is 3.16. The number of benzene rings is 1. The second-order valence-electron chi connectivity index (χ2n) is 4.90. The summed E-state index contributed by atoms with van der Waals surface area (Å²) in [5.41, 5.74) is 2.16. The van der Waals surface area contributed by atoms with Gasteiger partial charge in [-0.3, -0.25) is 19.6 Å². The maximum absolute atomic E-state index is 12.3. The van der Waals surface area contributed by atoms with Crippen molar-refractivity contribution in [2.24, 2.45) is 0 Å². The highest BCUT2D eigenvalue weighted by atomic mass is 79.9. The number of nitro benzene ring substituents is 1. The molecular formula is C14H15BrN4O3. The lowest BCUT2D eigenvalue weighted by molar-refractivity contribution is -0.384. The first kappa shape index (κ1) is 16.2. The first-order valence-electron chi connectivity index (χ1n) is 6.57. The lowest BCUT2D eigenvalue weighted by Crippen LogP contribution is -2.25. The summed E-state index contributed by atoms with van der Waals surface area (Å²) in [7, 11) is 0. The first-order valence-corrected chi connectivity index (χ1v) is 7.37. The molecule has 1 aromatic heterocycles. The standard InChI is InChI=1S/C14H15BrN4O3/c1-8-13(15)9(2)18(17-8)10(3)14(20)16-11-4-6-12(7-5-11)19(21)22/h4-7,10H,1-3H3,(H,16,20). The van der Waals surface area contributed by atoms with Crippen LogP contribution < -0.4 is 5.32 Å². The Morgan fingerprint density at radius 3 is 2.41 bits per heavy atom. The molecule has 1 atom stereocenters. The van der Waals surface area contributed by atoms with Crippen LogP contribution in [-0.2, 0) is 4.79 Å². The predicted molar refractivity (Wildman–Crippen MR) is 85.8 cm³/mol. The van der Waals surface area contributed by atoms with Crippen molar-refractivity contribution in [1.82, 2.24) is 9.78 Å². The number of aryl methyl sites for hydroxylation is 1. The summed E-state index contributed by atoms with van der Waals surface area (Å²) in [6.07, 6.45) is 0. The molecule has 7 nitrogen and oxygen atoms in total. The normalized spacial score (nSPS) is 12.0. The minimum Gasteiger partial charge on any atom is -0.324 e. The molecule has 1 unspecified atom stereocenters. The SMILES string of the molecule is Cc1nn(C(C)C(=O)Nc2ccc([N+](=O)[O-])cc2)c(C)c1Br. The fourth-order valence-corrected chi connectivity index (χ4v) is 2.31. The molecule has 116 valence electrons. The molecule has 2 aromatic rings. The number of aromatic nitrogens is 2. The van der Waals surface area contributed by atoms with Crippen molar-refractivity contribution in [1.29, 1.82) is 0 Å². The van der Waals surface area contributed by atoms with Gasteiger partial charge in [0.25, 0.3) is 5.69 Å². The van der Waals surface area contributed by atoms with Crippen LogP contribution in [0.2, 0.25) is 0 Å². The van der Waals surface area contributed by atoms with Crippen LogP contribution in [0.15, 0.2) is 28.7 Å². The van der Waals surface area contributed by atoms with Crippen LogP contribution in [0.3, 0.4) is 0 Å². The molecule has 0 bridgehead atoms. The van der Waals surface area contributed by atoms with Crippen LogP contribution >= 0.6 is 15.9 Å². The number of nitro groups is 1. The van der Waals surface area contributed by atoms with Crippen LogP contribution in [0.1, 0.15) is 24.4 Å². The fraction of sp³-hybridized carbons (Fsp3) is 0.286. The monoisotopic (exact) mass is 366 g/mol. The molecule has 0 fully saturated rings. The van der Waals surface area contributed by atoms with Crippen molar-refractivity contribution in [2.45, 2.75) is 26.8 Å². The molecule has 22 heavy (non-hydrogen) atoms. The minimum absolute atomic E-state index is 0.0199. The Balaban J connectivity index is 2.14. The van der Waals surface area contributed by atoms with E-state index in [1.165, 1.54) is 24.3 Å². The van der Waals surface area contributed by atoms with Crippen molar-refractivity contribution in [3.05, 3.63) is 50.2 Å². The number of amides is 1. The summed E-state index contributed by atoms with van der Waals surface area (Å²) < 4.78 is 2.52. The highest BCUT2D eigenvalue weighted by Crippen LogP contribution is 2.23. The van der Waals surface area contributed by atoms with Gasteiger partial charge < -0.3 is 5.32 Å². The highest BCUT2D eigenvalue weighted by molar-refractivity contribution is 9.10. The van der Waals surface area contributed by atoms with Gasteiger partial charge in [0.2, 0.25) is 5.91 Å².